The number of Topliss-reactive ketones (excluding diaryl/α,β-unsaturated/α-hetero) is 2. The maximum Gasteiger partial charge on any atom is 0.256 e. The van der Waals surface area contributed by atoms with Crippen molar-refractivity contribution >= 4 is 35.2 Å². The van der Waals surface area contributed by atoms with E-state index >= 15 is 0 Å². The normalized spacial score (nSPS) is 17.4. The van der Waals surface area contributed by atoms with Gasteiger partial charge in [0.25, 0.3) is 23.6 Å². The van der Waals surface area contributed by atoms with E-state index in [-0.39, 0.29) is 55.1 Å². The zero-order valence-electron chi connectivity index (χ0n) is 14.0. The summed E-state index contributed by atoms with van der Waals surface area (Å²) < 4.78 is 0. The highest BCUT2D eigenvalue weighted by atomic mass is 16.2. The molecule has 4 amide bonds. The fraction of sp³-hybridized carbons (Fsp3) is 0.412. The largest absolute Gasteiger partial charge is 0.298 e. The first-order valence-corrected chi connectivity index (χ1v) is 7.82. The van der Waals surface area contributed by atoms with E-state index in [1.165, 1.54) is 26.0 Å². The maximum atomic E-state index is 11.9. The number of imide groups is 2. The van der Waals surface area contributed by atoms with Gasteiger partial charge in [-0.1, -0.05) is 0 Å². The lowest BCUT2D eigenvalue weighted by Gasteiger charge is -2.14. The van der Waals surface area contributed by atoms with E-state index in [2.05, 4.69) is 0 Å². The van der Waals surface area contributed by atoms with Crippen LogP contribution in [-0.4, -0.2) is 58.1 Å². The monoisotopic (exact) mass is 346 g/mol. The Labute approximate surface area is 144 Å². The first-order chi connectivity index (χ1) is 11.7. The molecule has 25 heavy (non-hydrogen) atoms. The Kier molecular flexibility index (Phi) is 5.41. The van der Waals surface area contributed by atoms with Crippen molar-refractivity contribution in [1.29, 1.82) is 0 Å². The smallest absolute Gasteiger partial charge is 0.256 e. The molecule has 0 saturated carbocycles. The number of hydrogen-bond acceptors (Lipinski definition) is 6. The zero-order chi connectivity index (χ0) is 18.7. The molecule has 0 fully saturated rings. The van der Waals surface area contributed by atoms with Gasteiger partial charge in [0.15, 0.2) is 11.6 Å². The molecule has 8 heteroatoms. The lowest BCUT2D eigenvalue weighted by Crippen LogP contribution is -2.36. The number of carbonyl (C=O) groups is 6. The summed E-state index contributed by atoms with van der Waals surface area (Å²) in [4.78, 5) is 71.9. The second-order valence-electron chi connectivity index (χ2n) is 6.04. The summed E-state index contributed by atoms with van der Waals surface area (Å²) in [5.74, 6) is -2.65. The van der Waals surface area contributed by atoms with Crippen LogP contribution in [-0.2, 0) is 28.8 Å². The van der Waals surface area contributed by atoms with E-state index in [1.54, 1.807) is 0 Å². The van der Waals surface area contributed by atoms with Crippen molar-refractivity contribution in [3.8, 4) is 0 Å². The van der Waals surface area contributed by atoms with Crippen molar-refractivity contribution in [2.45, 2.75) is 33.1 Å². The Morgan fingerprint density at radius 3 is 1.40 bits per heavy atom. The van der Waals surface area contributed by atoms with Crippen LogP contribution in [0.2, 0.25) is 0 Å². The molecular formula is C17H18N2O6. The van der Waals surface area contributed by atoms with Gasteiger partial charge in [-0.15, -0.1) is 0 Å². The maximum absolute atomic E-state index is 11.9. The highest BCUT2D eigenvalue weighted by Crippen LogP contribution is 2.14. The van der Waals surface area contributed by atoms with E-state index in [0.717, 1.165) is 9.80 Å². The Hall–Kier alpha value is -2.90. The summed E-state index contributed by atoms with van der Waals surface area (Å²) in [5.41, 5.74) is 0.577. The molecule has 0 saturated heterocycles. The topological polar surface area (TPSA) is 109 Å². The number of rotatable bonds is 8. The Balaban J connectivity index is 1.72. The predicted molar refractivity (Wildman–Crippen MR) is 84.8 cm³/mol. The summed E-state index contributed by atoms with van der Waals surface area (Å²) in [6.45, 7) is 2.37. The number of hydrogen-bond donors (Lipinski definition) is 0. The van der Waals surface area contributed by atoms with Gasteiger partial charge in [0.2, 0.25) is 0 Å². The van der Waals surface area contributed by atoms with E-state index in [9.17, 15) is 28.8 Å². The van der Waals surface area contributed by atoms with Crippen LogP contribution in [0, 0.1) is 0 Å². The average molecular weight is 346 g/mol. The lowest BCUT2D eigenvalue weighted by molar-refractivity contribution is -0.141. The van der Waals surface area contributed by atoms with Crippen molar-refractivity contribution in [3.05, 3.63) is 23.3 Å². The van der Waals surface area contributed by atoms with Gasteiger partial charge in [-0.05, 0) is 20.3 Å². The minimum absolute atomic E-state index is 0.0288. The highest BCUT2D eigenvalue weighted by molar-refractivity contribution is 6.18. The van der Waals surface area contributed by atoms with Crippen LogP contribution in [0.3, 0.4) is 0 Å². The van der Waals surface area contributed by atoms with Crippen LogP contribution in [0.5, 0.6) is 0 Å². The van der Waals surface area contributed by atoms with E-state index in [1.807, 2.05) is 0 Å². The Bertz CT molecular complexity index is 684. The highest BCUT2D eigenvalue weighted by Gasteiger charge is 2.31. The summed E-state index contributed by atoms with van der Waals surface area (Å²) >= 11 is 0. The van der Waals surface area contributed by atoms with E-state index in [4.69, 9.17) is 0 Å². The van der Waals surface area contributed by atoms with Crippen LogP contribution in [0.4, 0.5) is 0 Å². The van der Waals surface area contributed by atoms with E-state index < -0.39 is 23.6 Å². The molecular weight excluding hydrogens is 328 g/mol. The van der Waals surface area contributed by atoms with Gasteiger partial charge in [-0.2, -0.15) is 0 Å². The van der Waals surface area contributed by atoms with Gasteiger partial charge < -0.3 is 0 Å². The van der Waals surface area contributed by atoms with Crippen molar-refractivity contribution in [2.24, 2.45) is 0 Å². The molecule has 2 aliphatic heterocycles. The van der Waals surface area contributed by atoms with Crippen molar-refractivity contribution < 1.29 is 28.8 Å². The van der Waals surface area contributed by atoms with Gasteiger partial charge in [0.1, 0.15) is 0 Å². The van der Waals surface area contributed by atoms with Crippen LogP contribution < -0.4 is 0 Å². The molecule has 2 rings (SSSR count). The average Bonchev–Trinajstić information content (AvgIpc) is 2.91. The zero-order valence-corrected chi connectivity index (χ0v) is 14.0. The lowest BCUT2D eigenvalue weighted by atomic mass is 10.1. The first-order valence-electron chi connectivity index (χ1n) is 7.82. The quantitative estimate of drug-likeness (QED) is 0.569. The minimum atomic E-state index is -0.513. The van der Waals surface area contributed by atoms with Crippen molar-refractivity contribution in [3.63, 3.8) is 0 Å². The van der Waals surface area contributed by atoms with Crippen LogP contribution in [0.1, 0.15) is 33.1 Å². The summed E-state index contributed by atoms with van der Waals surface area (Å²) in [5, 5.41) is 0. The second kappa shape index (κ2) is 7.33. The van der Waals surface area contributed by atoms with E-state index in [0.29, 0.717) is 0 Å². The molecule has 0 N–H and O–H groups in total. The van der Waals surface area contributed by atoms with Gasteiger partial charge in [-0.25, -0.2) is 0 Å². The molecule has 0 aromatic carbocycles. The third-order valence-electron chi connectivity index (χ3n) is 3.96. The molecule has 132 valence electrons. The molecule has 0 unspecified atom stereocenters. The molecule has 0 radical (unpaired) electrons. The Morgan fingerprint density at radius 1 is 0.760 bits per heavy atom. The fourth-order valence-corrected chi connectivity index (χ4v) is 2.57. The van der Waals surface area contributed by atoms with Crippen molar-refractivity contribution in [2.75, 3.05) is 13.1 Å². The molecule has 0 aliphatic carbocycles. The van der Waals surface area contributed by atoms with Gasteiger partial charge in [0, 0.05) is 36.1 Å². The van der Waals surface area contributed by atoms with Crippen LogP contribution in [0.15, 0.2) is 23.3 Å². The SMILES string of the molecule is CC1=CC(=O)N(CC(=O)CCCC(=O)CN2C(=O)C=C(C)C2=O)C1=O. The molecule has 2 aliphatic rings. The first kappa shape index (κ1) is 18.4. The molecule has 0 spiro atoms. The Morgan fingerprint density at radius 2 is 1.12 bits per heavy atom. The van der Waals surface area contributed by atoms with Gasteiger partial charge >= 0.3 is 0 Å². The summed E-state index contributed by atoms with van der Waals surface area (Å²) in [6.07, 6.45) is 2.64. The second-order valence-corrected chi connectivity index (χ2v) is 6.04. The number of ketones is 2. The fourth-order valence-electron chi connectivity index (χ4n) is 2.57. The van der Waals surface area contributed by atoms with Crippen LogP contribution in [0.25, 0.3) is 0 Å². The minimum Gasteiger partial charge on any atom is -0.298 e. The standard InChI is InChI=1S/C17H18N2O6/c1-10-6-14(22)18(16(10)24)8-12(20)4-3-5-13(21)9-19-15(23)7-11(2)17(19)25/h6-7H,3-5,8-9H2,1-2H3. The van der Waals surface area contributed by atoms with Gasteiger partial charge in [-0.3, -0.25) is 38.6 Å². The van der Waals surface area contributed by atoms with Gasteiger partial charge in [0.05, 0.1) is 13.1 Å². The molecule has 8 nitrogen and oxygen atoms in total. The number of amides is 4. The summed E-state index contributed by atoms with van der Waals surface area (Å²) in [6, 6.07) is 0. The third-order valence-corrected chi connectivity index (χ3v) is 3.96. The predicted octanol–water partition coefficient (Wildman–Crippen LogP) is -0.0749. The molecule has 0 atom stereocenters. The molecule has 0 aromatic heterocycles. The molecule has 2 heterocycles. The number of nitrogens with zero attached hydrogens (tertiary/aromatic N) is 2. The summed E-state index contributed by atoms with van der Waals surface area (Å²) in [7, 11) is 0. The third kappa shape index (κ3) is 4.14. The van der Waals surface area contributed by atoms with Crippen LogP contribution >= 0.6 is 0 Å². The molecule has 0 aromatic rings. The number of carbonyl (C=O) groups excluding carboxylic acids is 6. The van der Waals surface area contributed by atoms with Crippen molar-refractivity contribution in [1.82, 2.24) is 9.80 Å². The molecule has 0 bridgehead atoms.